The summed E-state index contributed by atoms with van der Waals surface area (Å²) >= 11 is 0. The summed E-state index contributed by atoms with van der Waals surface area (Å²) in [7, 11) is 0. The van der Waals surface area contributed by atoms with Crippen molar-refractivity contribution in [1.82, 2.24) is 4.98 Å². The van der Waals surface area contributed by atoms with Crippen LogP contribution in [-0.4, -0.2) is 11.3 Å². The Labute approximate surface area is 100 Å². The molecule has 0 spiro atoms. The Morgan fingerprint density at radius 1 is 1.35 bits per heavy atom. The number of oxazole rings is 1. The molecule has 0 amide bonds. The molecule has 17 heavy (non-hydrogen) atoms. The van der Waals surface area contributed by atoms with E-state index in [1.807, 2.05) is 45.0 Å². The van der Waals surface area contributed by atoms with Gasteiger partial charge in [-0.05, 0) is 13.0 Å². The van der Waals surface area contributed by atoms with Crippen LogP contribution in [0.3, 0.4) is 0 Å². The molecule has 0 aliphatic carbocycles. The van der Waals surface area contributed by atoms with E-state index in [-0.39, 0.29) is 11.8 Å². The van der Waals surface area contributed by atoms with Gasteiger partial charge in [0.2, 0.25) is 6.29 Å². The third-order valence-electron chi connectivity index (χ3n) is 2.59. The molecule has 3 heteroatoms. The lowest BCUT2D eigenvalue weighted by atomic mass is 10.0. The van der Waals surface area contributed by atoms with Gasteiger partial charge in [-0.2, -0.15) is 0 Å². The van der Waals surface area contributed by atoms with Crippen LogP contribution in [0.15, 0.2) is 28.7 Å². The van der Waals surface area contributed by atoms with Crippen LogP contribution in [0, 0.1) is 6.92 Å². The first-order chi connectivity index (χ1) is 8.11. The molecule has 0 saturated carbocycles. The summed E-state index contributed by atoms with van der Waals surface area (Å²) in [5.41, 5.74) is 2.92. The zero-order chi connectivity index (χ0) is 12.4. The van der Waals surface area contributed by atoms with E-state index < -0.39 is 0 Å². The smallest absolute Gasteiger partial charge is 0.260 e. The first-order valence-electron chi connectivity index (χ1n) is 5.64. The minimum absolute atomic E-state index is 0.144. The van der Waals surface area contributed by atoms with Crippen molar-refractivity contribution < 1.29 is 9.21 Å². The molecular formula is C14H15NO2. The van der Waals surface area contributed by atoms with Crippen LogP contribution in [0.2, 0.25) is 0 Å². The Morgan fingerprint density at radius 2 is 2.12 bits per heavy atom. The molecule has 88 valence electrons. The number of nitrogens with zero attached hydrogens (tertiary/aromatic N) is 1. The largest absolute Gasteiger partial charge is 0.438 e. The zero-order valence-corrected chi connectivity index (χ0v) is 10.2. The van der Waals surface area contributed by atoms with Gasteiger partial charge in [0.15, 0.2) is 0 Å². The number of benzene rings is 1. The second-order valence-corrected chi connectivity index (χ2v) is 4.41. The fourth-order valence-corrected chi connectivity index (χ4v) is 1.79. The molecule has 0 N–H and O–H groups in total. The van der Waals surface area contributed by atoms with Crippen LogP contribution in [0.4, 0.5) is 0 Å². The first-order valence-corrected chi connectivity index (χ1v) is 5.64. The normalized spacial score (nSPS) is 10.8. The second kappa shape index (κ2) is 4.53. The Bertz CT molecular complexity index is 541. The van der Waals surface area contributed by atoms with Gasteiger partial charge >= 0.3 is 0 Å². The lowest BCUT2D eigenvalue weighted by Crippen LogP contribution is -1.89. The highest BCUT2D eigenvalue weighted by Crippen LogP contribution is 2.29. The maximum absolute atomic E-state index is 10.7. The molecule has 0 fully saturated rings. The predicted molar refractivity (Wildman–Crippen MR) is 66.2 cm³/mol. The zero-order valence-electron chi connectivity index (χ0n) is 10.2. The minimum atomic E-state index is 0.144. The monoisotopic (exact) mass is 229 g/mol. The van der Waals surface area contributed by atoms with Crippen LogP contribution >= 0.6 is 0 Å². The highest BCUT2D eigenvalue weighted by atomic mass is 16.4. The number of aryl methyl sites for hydroxylation is 1. The van der Waals surface area contributed by atoms with Crippen molar-refractivity contribution >= 4 is 6.29 Å². The van der Waals surface area contributed by atoms with E-state index in [0.29, 0.717) is 6.29 Å². The van der Waals surface area contributed by atoms with Gasteiger partial charge in [-0.3, -0.25) is 4.79 Å². The van der Waals surface area contributed by atoms with E-state index in [4.69, 9.17) is 4.42 Å². The SMILES string of the molecule is Cc1cccc(-c2nc(C=O)oc2C(C)C)c1. The van der Waals surface area contributed by atoms with Crippen molar-refractivity contribution in [3.8, 4) is 11.3 Å². The summed E-state index contributed by atoms with van der Waals surface area (Å²) in [6.07, 6.45) is 0.644. The average Bonchev–Trinajstić information content (AvgIpc) is 2.73. The fraction of sp³-hybridized carbons (Fsp3) is 0.286. The summed E-state index contributed by atoms with van der Waals surface area (Å²) in [5, 5.41) is 0. The number of hydrogen-bond donors (Lipinski definition) is 0. The summed E-state index contributed by atoms with van der Waals surface area (Å²) in [6.45, 7) is 6.07. The molecule has 0 saturated heterocycles. The number of carbonyl (C=O) groups excluding carboxylic acids is 1. The maximum Gasteiger partial charge on any atom is 0.260 e. The average molecular weight is 229 g/mol. The van der Waals surface area contributed by atoms with E-state index in [9.17, 15) is 4.79 Å². The van der Waals surface area contributed by atoms with Crippen molar-refractivity contribution in [3.05, 3.63) is 41.5 Å². The third-order valence-corrected chi connectivity index (χ3v) is 2.59. The van der Waals surface area contributed by atoms with Crippen LogP contribution in [-0.2, 0) is 0 Å². The predicted octanol–water partition coefficient (Wildman–Crippen LogP) is 3.59. The lowest BCUT2D eigenvalue weighted by Gasteiger charge is -2.04. The van der Waals surface area contributed by atoms with E-state index in [2.05, 4.69) is 4.98 Å². The fourth-order valence-electron chi connectivity index (χ4n) is 1.79. The van der Waals surface area contributed by atoms with Gasteiger partial charge in [-0.1, -0.05) is 37.6 Å². The van der Waals surface area contributed by atoms with E-state index in [1.54, 1.807) is 0 Å². The molecule has 3 nitrogen and oxygen atoms in total. The maximum atomic E-state index is 10.7. The number of hydrogen-bond acceptors (Lipinski definition) is 3. The molecule has 1 heterocycles. The number of aldehydes is 1. The topological polar surface area (TPSA) is 43.1 Å². The van der Waals surface area contributed by atoms with Gasteiger partial charge in [0.1, 0.15) is 11.5 Å². The van der Waals surface area contributed by atoms with Crippen LogP contribution in [0.1, 0.15) is 41.8 Å². The molecule has 0 radical (unpaired) electrons. The molecular weight excluding hydrogens is 214 g/mol. The van der Waals surface area contributed by atoms with Gasteiger partial charge in [-0.15, -0.1) is 0 Å². The van der Waals surface area contributed by atoms with E-state index in [1.165, 1.54) is 0 Å². The molecule has 1 aromatic heterocycles. The van der Waals surface area contributed by atoms with Gasteiger partial charge in [0.05, 0.1) is 0 Å². The van der Waals surface area contributed by atoms with Gasteiger partial charge < -0.3 is 4.42 Å². The Morgan fingerprint density at radius 3 is 2.71 bits per heavy atom. The summed E-state index contributed by atoms with van der Waals surface area (Å²) < 4.78 is 5.44. The van der Waals surface area contributed by atoms with Crippen LogP contribution in [0.25, 0.3) is 11.3 Å². The van der Waals surface area contributed by atoms with Crippen molar-refractivity contribution in [2.24, 2.45) is 0 Å². The highest BCUT2D eigenvalue weighted by Gasteiger charge is 2.17. The van der Waals surface area contributed by atoms with Gasteiger partial charge in [-0.25, -0.2) is 4.98 Å². The standard InChI is InChI=1S/C14H15NO2/c1-9(2)14-13(15-12(8-16)17-14)11-6-4-5-10(3)7-11/h4-9H,1-3H3. The highest BCUT2D eigenvalue weighted by molar-refractivity contribution is 5.72. The second-order valence-electron chi connectivity index (χ2n) is 4.41. The Balaban J connectivity index is 2.57. The molecule has 0 atom stereocenters. The molecule has 0 aliphatic heterocycles. The van der Waals surface area contributed by atoms with Gasteiger partial charge in [0.25, 0.3) is 5.89 Å². The molecule has 2 rings (SSSR count). The molecule has 0 unspecified atom stereocenters. The van der Waals surface area contributed by atoms with Crippen LogP contribution < -0.4 is 0 Å². The molecule has 2 aromatic rings. The van der Waals surface area contributed by atoms with Crippen molar-refractivity contribution in [1.29, 1.82) is 0 Å². The van der Waals surface area contributed by atoms with Crippen molar-refractivity contribution in [3.63, 3.8) is 0 Å². The number of carbonyl (C=O) groups is 1. The molecule has 1 aromatic carbocycles. The lowest BCUT2D eigenvalue weighted by molar-refractivity contribution is 0.109. The Hall–Kier alpha value is -1.90. The van der Waals surface area contributed by atoms with E-state index in [0.717, 1.165) is 22.6 Å². The molecule has 0 aliphatic rings. The Kier molecular flexibility index (Phi) is 3.09. The van der Waals surface area contributed by atoms with Gasteiger partial charge in [0, 0.05) is 11.5 Å². The summed E-state index contributed by atoms with van der Waals surface area (Å²) in [5.74, 6) is 1.11. The quantitative estimate of drug-likeness (QED) is 0.755. The van der Waals surface area contributed by atoms with Crippen molar-refractivity contribution in [2.45, 2.75) is 26.7 Å². The molecule has 0 bridgehead atoms. The number of rotatable bonds is 3. The third kappa shape index (κ3) is 2.28. The summed E-state index contributed by atoms with van der Waals surface area (Å²) in [4.78, 5) is 15.0. The van der Waals surface area contributed by atoms with E-state index >= 15 is 0 Å². The van der Waals surface area contributed by atoms with Crippen molar-refractivity contribution in [2.75, 3.05) is 0 Å². The first kappa shape index (κ1) is 11.6. The minimum Gasteiger partial charge on any atom is -0.438 e. The summed E-state index contributed by atoms with van der Waals surface area (Å²) in [6, 6.07) is 8.02. The number of aromatic nitrogens is 1. The van der Waals surface area contributed by atoms with Crippen LogP contribution in [0.5, 0.6) is 0 Å².